The van der Waals surface area contributed by atoms with Crippen molar-refractivity contribution in [3.8, 4) is 5.75 Å². The molecule has 0 saturated heterocycles. The highest BCUT2D eigenvalue weighted by Crippen LogP contribution is 2.19. The number of amides is 1. The predicted octanol–water partition coefficient (Wildman–Crippen LogP) is 3.37. The largest absolute Gasteiger partial charge is 0.484 e. The van der Waals surface area contributed by atoms with Crippen molar-refractivity contribution in [2.45, 2.75) is 25.3 Å². The van der Waals surface area contributed by atoms with Crippen LogP contribution in [0.3, 0.4) is 0 Å². The lowest BCUT2D eigenvalue weighted by Gasteiger charge is -2.05. The van der Waals surface area contributed by atoms with Gasteiger partial charge in [-0.3, -0.25) is 4.79 Å². The van der Waals surface area contributed by atoms with E-state index in [0.717, 1.165) is 16.9 Å². The van der Waals surface area contributed by atoms with Crippen LogP contribution >= 0.6 is 11.8 Å². The highest BCUT2D eigenvalue weighted by atomic mass is 32.2. The molecule has 0 aliphatic heterocycles. The van der Waals surface area contributed by atoms with Gasteiger partial charge in [0.15, 0.2) is 6.61 Å². The van der Waals surface area contributed by atoms with E-state index >= 15 is 0 Å². The standard InChI is InChI=1S/C19H19N3O3S/c1-14-7-5-6-10-16(14)24-12-18-21-22-19(25-18)26-13-17(23)20-11-15-8-3-2-4-9-15/h2-10H,11-13H2,1H3,(H,20,23). The van der Waals surface area contributed by atoms with Crippen LogP contribution in [-0.2, 0) is 17.9 Å². The molecule has 3 aromatic rings. The van der Waals surface area contributed by atoms with Crippen molar-refractivity contribution in [3.63, 3.8) is 0 Å². The van der Waals surface area contributed by atoms with Crippen LogP contribution in [0.5, 0.6) is 5.75 Å². The molecule has 6 nitrogen and oxygen atoms in total. The molecule has 1 amide bonds. The number of carbonyl (C=O) groups excluding carboxylic acids is 1. The molecule has 1 heterocycles. The lowest BCUT2D eigenvalue weighted by atomic mass is 10.2. The monoisotopic (exact) mass is 369 g/mol. The number of hydrogen-bond donors (Lipinski definition) is 1. The molecule has 0 radical (unpaired) electrons. The normalized spacial score (nSPS) is 10.5. The number of carbonyl (C=O) groups is 1. The molecule has 134 valence electrons. The first-order valence-corrected chi connectivity index (χ1v) is 9.13. The molecule has 2 aromatic carbocycles. The molecule has 0 fully saturated rings. The Morgan fingerprint density at radius 2 is 1.88 bits per heavy atom. The number of benzene rings is 2. The molecule has 7 heteroatoms. The lowest BCUT2D eigenvalue weighted by molar-refractivity contribution is -0.118. The summed E-state index contributed by atoms with van der Waals surface area (Å²) in [4.78, 5) is 11.9. The second-order valence-corrected chi connectivity index (χ2v) is 6.49. The highest BCUT2D eigenvalue weighted by Gasteiger charge is 2.10. The summed E-state index contributed by atoms with van der Waals surface area (Å²) < 4.78 is 11.2. The van der Waals surface area contributed by atoms with Crippen LogP contribution in [0.1, 0.15) is 17.0 Å². The third kappa shape index (κ3) is 5.35. The number of aryl methyl sites for hydroxylation is 1. The van der Waals surface area contributed by atoms with Gasteiger partial charge in [0, 0.05) is 6.54 Å². The summed E-state index contributed by atoms with van der Waals surface area (Å²) in [7, 11) is 0. The molecular formula is C19H19N3O3S. The maximum absolute atomic E-state index is 11.9. The summed E-state index contributed by atoms with van der Waals surface area (Å²) in [5, 5.41) is 11.1. The average Bonchev–Trinajstić information content (AvgIpc) is 3.13. The molecule has 3 rings (SSSR count). The third-order valence-electron chi connectivity index (χ3n) is 3.55. The number of nitrogens with zero attached hydrogens (tertiary/aromatic N) is 2. The van der Waals surface area contributed by atoms with Gasteiger partial charge in [0.2, 0.25) is 5.91 Å². The van der Waals surface area contributed by atoms with Crippen molar-refractivity contribution in [3.05, 3.63) is 71.6 Å². The first-order chi connectivity index (χ1) is 12.7. The number of nitrogens with one attached hydrogen (secondary N) is 1. The average molecular weight is 369 g/mol. The summed E-state index contributed by atoms with van der Waals surface area (Å²) in [6.07, 6.45) is 0. The van der Waals surface area contributed by atoms with Gasteiger partial charge in [-0.2, -0.15) is 0 Å². The number of rotatable bonds is 8. The Labute approximate surface area is 156 Å². The fourth-order valence-corrected chi connectivity index (χ4v) is 2.80. The van der Waals surface area contributed by atoms with Gasteiger partial charge in [0.25, 0.3) is 11.1 Å². The van der Waals surface area contributed by atoms with E-state index in [2.05, 4.69) is 15.5 Å². The van der Waals surface area contributed by atoms with Crippen molar-refractivity contribution in [2.24, 2.45) is 0 Å². The first-order valence-electron chi connectivity index (χ1n) is 8.15. The van der Waals surface area contributed by atoms with E-state index in [1.54, 1.807) is 0 Å². The summed E-state index contributed by atoms with van der Waals surface area (Å²) in [5.74, 6) is 1.28. The highest BCUT2D eigenvalue weighted by molar-refractivity contribution is 7.99. The molecule has 1 aromatic heterocycles. The van der Waals surface area contributed by atoms with Crippen molar-refractivity contribution in [1.29, 1.82) is 0 Å². The van der Waals surface area contributed by atoms with Gasteiger partial charge in [-0.1, -0.05) is 60.3 Å². The fraction of sp³-hybridized carbons (Fsp3) is 0.211. The molecule has 0 bridgehead atoms. The zero-order valence-corrected chi connectivity index (χ0v) is 15.2. The number of para-hydroxylation sites is 1. The molecule has 0 spiro atoms. The molecule has 26 heavy (non-hydrogen) atoms. The molecule has 0 unspecified atom stereocenters. The minimum absolute atomic E-state index is 0.0882. The zero-order chi connectivity index (χ0) is 18.2. The Morgan fingerprint density at radius 1 is 1.12 bits per heavy atom. The minimum Gasteiger partial charge on any atom is -0.484 e. The zero-order valence-electron chi connectivity index (χ0n) is 14.3. The van der Waals surface area contributed by atoms with Crippen LogP contribution in [-0.4, -0.2) is 21.9 Å². The Balaban J connectivity index is 1.42. The Hall–Kier alpha value is -2.80. The van der Waals surface area contributed by atoms with E-state index in [0.29, 0.717) is 17.7 Å². The van der Waals surface area contributed by atoms with Gasteiger partial charge < -0.3 is 14.5 Å². The van der Waals surface area contributed by atoms with Crippen LogP contribution in [0.15, 0.2) is 64.2 Å². The van der Waals surface area contributed by atoms with Gasteiger partial charge in [-0.15, -0.1) is 10.2 Å². The second kappa shape index (κ2) is 9.05. The fourth-order valence-electron chi connectivity index (χ4n) is 2.19. The van der Waals surface area contributed by atoms with Crippen LogP contribution < -0.4 is 10.1 Å². The summed E-state index contributed by atoms with van der Waals surface area (Å²) in [6.45, 7) is 2.66. The topological polar surface area (TPSA) is 77.2 Å². The van der Waals surface area contributed by atoms with Gasteiger partial charge in [0.05, 0.1) is 5.75 Å². The summed E-state index contributed by atoms with van der Waals surface area (Å²) >= 11 is 1.20. The number of thioether (sulfide) groups is 1. The van der Waals surface area contributed by atoms with E-state index in [9.17, 15) is 4.79 Å². The smallest absolute Gasteiger partial charge is 0.277 e. The van der Waals surface area contributed by atoms with E-state index in [4.69, 9.17) is 9.15 Å². The molecule has 0 saturated carbocycles. The Kier molecular flexibility index (Phi) is 6.27. The van der Waals surface area contributed by atoms with E-state index in [1.165, 1.54) is 11.8 Å². The van der Waals surface area contributed by atoms with Crippen LogP contribution in [0, 0.1) is 6.92 Å². The van der Waals surface area contributed by atoms with Gasteiger partial charge in [-0.25, -0.2) is 0 Å². The quantitative estimate of drug-likeness (QED) is 0.614. The molecular weight excluding hydrogens is 350 g/mol. The Bertz CT molecular complexity index is 852. The van der Waals surface area contributed by atoms with E-state index in [1.807, 2.05) is 61.5 Å². The SMILES string of the molecule is Cc1ccccc1OCc1nnc(SCC(=O)NCc2ccccc2)o1. The van der Waals surface area contributed by atoms with E-state index in [-0.39, 0.29) is 18.3 Å². The number of hydrogen-bond acceptors (Lipinski definition) is 6. The maximum atomic E-state index is 11.9. The van der Waals surface area contributed by atoms with Crippen LogP contribution in [0.4, 0.5) is 0 Å². The van der Waals surface area contributed by atoms with Gasteiger partial charge in [-0.05, 0) is 24.1 Å². The van der Waals surface area contributed by atoms with Gasteiger partial charge in [0.1, 0.15) is 5.75 Å². The molecule has 0 aliphatic carbocycles. The predicted molar refractivity (Wildman–Crippen MR) is 98.8 cm³/mol. The minimum atomic E-state index is -0.0882. The van der Waals surface area contributed by atoms with Crippen molar-refractivity contribution in [2.75, 3.05) is 5.75 Å². The van der Waals surface area contributed by atoms with Crippen molar-refractivity contribution in [1.82, 2.24) is 15.5 Å². The molecule has 0 aliphatic rings. The second-order valence-electron chi connectivity index (χ2n) is 5.57. The van der Waals surface area contributed by atoms with Crippen molar-refractivity contribution < 1.29 is 13.9 Å². The molecule has 0 atom stereocenters. The first kappa shape index (κ1) is 18.0. The summed E-state index contributed by atoms with van der Waals surface area (Å²) in [6, 6.07) is 17.5. The summed E-state index contributed by atoms with van der Waals surface area (Å²) in [5.41, 5.74) is 2.09. The van der Waals surface area contributed by atoms with Crippen molar-refractivity contribution >= 4 is 17.7 Å². The van der Waals surface area contributed by atoms with Crippen LogP contribution in [0.25, 0.3) is 0 Å². The van der Waals surface area contributed by atoms with Crippen LogP contribution in [0.2, 0.25) is 0 Å². The molecule has 1 N–H and O–H groups in total. The lowest BCUT2D eigenvalue weighted by Crippen LogP contribution is -2.24. The maximum Gasteiger partial charge on any atom is 0.277 e. The number of ether oxygens (including phenoxy) is 1. The van der Waals surface area contributed by atoms with E-state index < -0.39 is 0 Å². The number of aromatic nitrogens is 2. The third-order valence-corrected chi connectivity index (χ3v) is 4.37. The Morgan fingerprint density at radius 3 is 2.69 bits per heavy atom. The van der Waals surface area contributed by atoms with Gasteiger partial charge >= 0.3 is 0 Å².